The van der Waals surface area contributed by atoms with Gasteiger partial charge in [-0.3, -0.25) is 4.79 Å². The van der Waals surface area contributed by atoms with Crippen LogP contribution in [0.3, 0.4) is 0 Å². The van der Waals surface area contributed by atoms with Gasteiger partial charge in [0, 0.05) is 10.6 Å². The molecule has 0 unspecified atom stereocenters. The fraction of sp³-hybridized carbons (Fsp3) is 0.0625. The zero-order chi connectivity index (χ0) is 15.3. The van der Waals surface area contributed by atoms with Crippen molar-refractivity contribution in [3.8, 4) is 11.3 Å². The fourth-order valence-corrected chi connectivity index (χ4v) is 2.80. The lowest BCUT2D eigenvalue weighted by Crippen LogP contribution is -2.10. The molecule has 0 saturated carbocycles. The number of benzene rings is 2. The molecule has 0 amide bonds. The van der Waals surface area contributed by atoms with Crippen LogP contribution in [-0.2, 0) is 0 Å². The van der Waals surface area contributed by atoms with E-state index in [4.69, 9.17) is 11.6 Å². The second kappa shape index (κ2) is 4.68. The van der Waals surface area contributed by atoms with Crippen molar-refractivity contribution in [3.63, 3.8) is 0 Å². The Morgan fingerprint density at radius 2 is 2.00 bits per heavy atom. The molecule has 108 valence electrons. The van der Waals surface area contributed by atoms with E-state index >= 15 is 0 Å². The quantitative estimate of drug-likeness (QED) is 0.587. The Bertz CT molecular complexity index is 1080. The van der Waals surface area contributed by atoms with Crippen LogP contribution in [0.15, 0.2) is 47.3 Å². The first-order valence-electron chi connectivity index (χ1n) is 6.77. The van der Waals surface area contributed by atoms with Crippen molar-refractivity contribution in [1.82, 2.24) is 19.8 Å². The number of aryl methyl sites for hydroxylation is 1. The highest BCUT2D eigenvalue weighted by atomic mass is 35.5. The molecule has 0 spiro atoms. The van der Waals surface area contributed by atoms with Gasteiger partial charge in [0.05, 0.1) is 10.9 Å². The topological polar surface area (TPSA) is 63.1 Å². The van der Waals surface area contributed by atoms with Gasteiger partial charge < -0.3 is 0 Å². The summed E-state index contributed by atoms with van der Waals surface area (Å²) in [6.45, 7) is 2.00. The van der Waals surface area contributed by atoms with E-state index in [1.54, 1.807) is 22.7 Å². The predicted molar refractivity (Wildman–Crippen MR) is 86.3 cm³/mol. The Morgan fingerprint density at radius 1 is 1.18 bits per heavy atom. The monoisotopic (exact) mass is 310 g/mol. The average Bonchev–Trinajstić information content (AvgIpc) is 2.91. The molecule has 0 bridgehead atoms. The lowest BCUT2D eigenvalue weighted by atomic mass is 10.1. The van der Waals surface area contributed by atoms with Gasteiger partial charge >= 0.3 is 0 Å². The van der Waals surface area contributed by atoms with Crippen molar-refractivity contribution >= 4 is 28.2 Å². The minimum atomic E-state index is -0.311. The third-order valence-electron chi connectivity index (χ3n) is 3.72. The standard InChI is InChI=1S/C16H11ClN4O/c1-9-4-2-3-5-11(9)14-15-18-16(22)12-8-10(17)6-7-13(12)21(15)20-19-14/h2-8,20H,1H3. The Kier molecular flexibility index (Phi) is 2.77. The predicted octanol–water partition coefficient (Wildman–Crippen LogP) is 3.20. The maximum Gasteiger partial charge on any atom is 0.281 e. The minimum absolute atomic E-state index is 0.311. The largest absolute Gasteiger partial charge is 0.281 e. The number of hydrogen-bond donors (Lipinski definition) is 1. The molecule has 0 aliphatic carbocycles. The molecular weight excluding hydrogens is 300 g/mol. The number of aromatic amines is 1. The third kappa shape index (κ3) is 1.83. The molecule has 4 aromatic rings. The van der Waals surface area contributed by atoms with Crippen LogP contribution in [0, 0.1) is 6.92 Å². The van der Waals surface area contributed by atoms with Gasteiger partial charge in [-0.2, -0.15) is 10.1 Å². The van der Waals surface area contributed by atoms with Crippen LogP contribution in [0.25, 0.3) is 27.8 Å². The summed E-state index contributed by atoms with van der Waals surface area (Å²) in [4.78, 5) is 16.5. The number of rotatable bonds is 1. The number of aromatic nitrogens is 4. The van der Waals surface area contributed by atoms with Crippen LogP contribution in [0.2, 0.25) is 5.02 Å². The van der Waals surface area contributed by atoms with E-state index in [0.29, 0.717) is 27.3 Å². The highest BCUT2D eigenvalue weighted by molar-refractivity contribution is 6.31. The number of fused-ring (bicyclic) bond motifs is 3. The average molecular weight is 311 g/mol. The number of halogens is 1. The van der Waals surface area contributed by atoms with E-state index in [1.807, 2.05) is 31.2 Å². The maximum absolute atomic E-state index is 12.3. The van der Waals surface area contributed by atoms with E-state index < -0.39 is 0 Å². The fourth-order valence-electron chi connectivity index (χ4n) is 2.62. The van der Waals surface area contributed by atoms with Gasteiger partial charge in [-0.25, -0.2) is 9.73 Å². The van der Waals surface area contributed by atoms with Gasteiger partial charge in [-0.05, 0) is 30.7 Å². The SMILES string of the molecule is Cc1ccccc1-c1n[nH]n2c1nc(=O)c1cc(Cl)ccc12. The summed E-state index contributed by atoms with van der Waals surface area (Å²) in [5.41, 5.74) is 3.57. The molecule has 6 heteroatoms. The Morgan fingerprint density at radius 3 is 2.82 bits per heavy atom. The van der Waals surface area contributed by atoms with Crippen LogP contribution in [0.4, 0.5) is 0 Å². The molecule has 0 aliphatic heterocycles. The van der Waals surface area contributed by atoms with Crippen molar-refractivity contribution in [1.29, 1.82) is 0 Å². The van der Waals surface area contributed by atoms with Gasteiger partial charge in [0.15, 0.2) is 5.65 Å². The summed E-state index contributed by atoms with van der Waals surface area (Å²) in [6, 6.07) is 13.0. The summed E-state index contributed by atoms with van der Waals surface area (Å²) < 4.78 is 1.70. The normalized spacial score (nSPS) is 11.4. The highest BCUT2D eigenvalue weighted by Crippen LogP contribution is 2.25. The second-order valence-electron chi connectivity index (χ2n) is 5.11. The number of H-pyrrole nitrogens is 1. The minimum Gasteiger partial charge on any atom is -0.267 e. The van der Waals surface area contributed by atoms with Crippen molar-refractivity contribution < 1.29 is 0 Å². The first-order chi connectivity index (χ1) is 10.6. The molecule has 0 aliphatic rings. The molecule has 2 aromatic carbocycles. The van der Waals surface area contributed by atoms with Gasteiger partial charge in [0.1, 0.15) is 5.69 Å². The van der Waals surface area contributed by atoms with Gasteiger partial charge in [0.25, 0.3) is 5.56 Å². The summed E-state index contributed by atoms with van der Waals surface area (Å²) >= 11 is 5.96. The smallest absolute Gasteiger partial charge is 0.267 e. The molecule has 0 atom stereocenters. The molecule has 0 radical (unpaired) electrons. The first-order valence-corrected chi connectivity index (χ1v) is 7.15. The first kappa shape index (κ1) is 13.0. The van der Waals surface area contributed by atoms with Crippen molar-refractivity contribution in [2.24, 2.45) is 0 Å². The summed E-state index contributed by atoms with van der Waals surface area (Å²) in [6.07, 6.45) is 0. The Labute approximate surface area is 130 Å². The van der Waals surface area contributed by atoms with Gasteiger partial charge in [-0.15, -0.1) is 0 Å². The number of hydrogen-bond acceptors (Lipinski definition) is 3. The van der Waals surface area contributed by atoms with Crippen LogP contribution >= 0.6 is 11.6 Å². The molecule has 22 heavy (non-hydrogen) atoms. The Balaban J connectivity index is 2.13. The molecular formula is C16H11ClN4O. The lowest BCUT2D eigenvalue weighted by Gasteiger charge is -2.03. The van der Waals surface area contributed by atoms with Crippen LogP contribution in [-0.4, -0.2) is 19.8 Å². The Hall–Kier alpha value is -2.66. The number of nitrogens with zero attached hydrogens (tertiary/aromatic N) is 3. The van der Waals surface area contributed by atoms with Crippen molar-refractivity contribution in [2.75, 3.05) is 0 Å². The molecule has 5 nitrogen and oxygen atoms in total. The highest BCUT2D eigenvalue weighted by Gasteiger charge is 2.15. The summed E-state index contributed by atoms with van der Waals surface area (Å²) in [5.74, 6) is 0. The van der Waals surface area contributed by atoms with Crippen LogP contribution in [0.1, 0.15) is 5.56 Å². The molecule has 1 N–H and O–H groups in total. The van der Waals surface area contributed by atoms with Gasteiger partial charge in [0.2, 0.25) is 0 Å². The molecule has 2 heterocycles. The van der Waals surface area contributed by atoms with Crippen molar-refractivity contribution in [3.05, 3.63) is 63.4 Å². The maximum atomic E-state index is 12.3. The zero-order valence-electron chi connectivity index (χ0n) is 11.7. The molecule has 0 fully saturated rings. The van der Waals surface area contributed by atoms with E-state index in [0.717, 1.165) is 11.1 Å². The van der Waals surface area contributed by atoms with E-state index in [9.17, 15) is 4.79 Å². The van der Waals surface area contributed by atoms with E-state index in [2.05, 4.69) is 15.3 Å². The van der Waals surface area contributed by atoms with Crippen molar-refractivity contribution in [2.45, 2.75) is 6.92 Å². The van der Waals surface area contributed by atoms with Crippen LogP contribution < -0.4 is 5.56 Å². The summed E-state index contributed by atoms with van der Waals surface area (Å²) in [5, 5.41) is 8.24. The van der Waals surface area contributed by atoms with Gasteiger partial charge in [-0.1, -0.05) is 35.9 Å². The van der Waals surface area contributed by atoms with E-state index in [-0.39, 0.29) is 5.56 Å². The molecule has 0 saturated heterocycles. The summed E-state index contributed by atoms with van der Waals surface area (Å²) in [7, 11) is 0. The van der Waals surface area contributed by atoms with Crippen LogP contribution in [0.5, 0.6) is 0 Å². The third-order valence-corrected chi connectivity index (χ3v) is 3.96. The van der Waals surface area contributed by atoms with E-state index in [1.165, 1.54) is 0 Å². The lowest BCUT2D eigenvalue weighted by molar-refractivity contribution is 0.874. The number of nitrogens with one attached hydrogen (secondary N) is 1. The second-order valence-corrected chi connectivity index (χ2v) is 5.55. The molecule has 4 rings (SSSR count). The zero-order valence-corrected chi connectivity index (χ0v) is 12.4. The molecule has 2 aromatic heterocycles.